The van der Waals surface area contributed by atoms with Gasteiger partial charge in [-0.15, -0.1) is 0 Å². The molecule has 0 bridgehead atoms. The highest BCUT2D eigenvalue weighted by atomic mass is 16.2. The SMILES string of the molecule is CCNC(=NCC(=O)NC1CC1)NC(C)CCCN(CC)CC. The fourth-order valence-electron chi connectivity index (χ4n) is 2.44. The van der Waals surface area contributed by atoms with E-state index in [-0.39, 0.29) is 12.5 Å². The highest BCUT2D eigenvalue weighted by Gasteiger charge is 2.22. The van der Waals surface area contributed by atoms with Crippen LogP contribution in [-0.4, -0.2) is 61.6 Å². The molecule has 0 aromatic rings. The number of hydrogen-bond acceptors (Lipinski definition) is 3. The van der Waals surface area contributed by atoms with E-state index in [1.807, 2.05) is 6.92 Å². The molecule has 0 saturated heterocycles. The minimum absolute atomic E-state index is 0.0129. The Morgan fingerprint density at radius 2 is 1.96 bits per heavy atom. The second-order valence-corrected chi connectivity index (χ2v) is 6.25. The Morgan fingerprint density at radius 3 is 2.52 bits per heavy atom. The first-order valence-electron chi connectivity index (χ1n) is 9.15. The Hall–Kier alpha value is -1.30. The summed E-state index contributed by atoms with van der Waals surface area (Å²) in [6.45, 7) is 12.9. The summed E-state index contributed by atoms with van der Waals surface area (Å²) in [5.74, 6) is 0.743. The van der Waals surface area contributed by atoms with Crippen LogP contribution in [0.2, 0.25) is 0 Å². The zero-order valence-corrected chi connectivity index (χ0v) is 15.3. The molecule has 6 heteroatoms. The summed E-state index contributed by atoms with van der Waals surface area (Å²) in [5.41, 5.74) is 0. The van der Waals surface area contributed by atoms with Crippen molar-refractivity contribution < 1.29 is 4.79 Å². The summed E-state index contributed by atoms with van der Waals surface area (Å²) in [5, 5.41) is 9.56. The fraction of sp³-hybridized carbons (Fsp3) is 0.882. The van der Waals surface area contributed by atoms with Gasteiger partial charge in [0.1, 0.15) is 6.54 Å². The summed E-state index contributed by atoms with van der Waals surface area (Å²) in [7, 11) is 0. The van der Waals surface area contributed by atoms with Crippen LogP contribution < -0.4 is 16.0 Å². The van der Waals surface area contributed by atoms with Gasteiger partial charge in [0.05, 0.1) is 0 Å². The first-order valence-corrected chi connectivity index (χ1v) is 9.15. The van der Waals surface area contributed by atoms with Crippen LogP contribution in [0.3, 0.4) is 0 Å². The van der Waals surface area contributed by atoms with Crippen LogP contribution in [0.1, 0.15) is 53.4 Å². The van der Waals surface area contributed by atoms with E-state index in [4.69, 9.17) is 0 Å². The van der Waals surface area contributed by atoms with Crippen LogP contribution in [0.15, 0.2) is 4.99 Å². The summed E-state index contributed by atoms with van der Waals surface area (Å²) >= 11 is 0. The molecule has 1 saturated carbocycles. The zero-order chi connectivity index (χ0) is 17.1. The molecule has 3 N–H and O–H groups in total. The van der Waals surface area contributed by atoms with Crippen molar-refractivity contribution >= 4 is 11.9 Å². The van der Waals surface area contributed by atoms with E-state index in [2.05, 4.69) is 46.6 Å². The van der Waals surface area contributed by atoms with Gasteiger partial charge in [-0.3, -0.25) is 4.79 Å². The van der Waals surface area contributed by atoms with Crippen LogP contribution in [0.25, 0.3) is 0 Å². The van der Waals surface area contributed by atoms with E-state index >= 15 is 0 Å². The molecule has 0 radical (unpaired) electrons. The maximum atomic E-state index is 11.7. The van der Waals surface area contributed by atoms with Crippen molar-refractivity contribution in [3.63, 3.8) is 0 Å². The van der Waals surface area contributed by atoms with E-state index in [0.717, 1.165) is 57.8 Å². The molecule has 1 atom stereocenters. The summed E-state index contributed by atoms with van der Waals surface area (Å²) < 4.78 is 0. The molecule has 0 heterocycles. The Labute approximate surface area is 141 Å². The highest BCUT2D eigenvalue weighted by molar-refractivity contribution is 5.85. The third-order valence-electron chi connectivity index (χ3n) is 4.06. The molecule has 0 aromatic heterocycles. The molecular formula is C17H35N5O. The quantitative estimate of drug-likeness (QED) is 0.396. The predicted octanol–water partition coefficient (Wildman–Crippen LogP) is 1.33. The number of carbonyl (C=O) groups excluding carboxylic acids is 1. The number of nitrogens with zero attached hydrogens (tertiary/aromatic N) is 2. The molecule has 134 valence electrons. The largest absolute Gasteiger partial charge is 0.357 e. The molecule has 1 amide bonds. The van der Waals surface area contributed by atoms with Gasteiger partial charge in [-0.1, -0.05) is 13.8 Å². The van der Waals surface area contributed by atoms with Gasteiger partial charge < -0.3 is 20.9 Å². The van der Waals surface area contributed by atoms with Crippen molar-refractivity contribution in [3.05, 3.63) is 0 Å². The van der Waals surface area contributed by atoms with Crippen molar-refractivity contribution in [1.82, 2.24) is 20.9 Å². The smallest absolute Gasteiger partial charge is 0.242 e. The molecular weight excluding hydrogens is 290 g/mol. The summed E-state index contributed by atoms with van der Waals surface area (Å²) in [6.07, 6.45) is 4.47. The van der Waals surface area contributed by atoms with Gasteiger partial charge in [0.25, 0.3) is 0 Å². The second-order valence-electron chi connectivity index (χ2n) is 6.25. The van der Waals surface area contributed by atoms with Crippen LogP contribution in [0.4, 0.5) is 0 Å². The van der Waals surface area contributed by atoms with E-state index < -0.39 is 0 Å². The predicted molar refractivity (Wildman–Crippen MR) is 96.8 cm³/mol. The van der Waals surface area contributed by atoms with Crippen LogP contribution in [-0.2, 0) is 4.79 Å². The second kappa shape index (κ2) is 11.3. The summed E-state index contributed by atoms with van der Waals surface area (Å²) in [4.78, 5) is 18.5. The number of guanidine groups is 1. The van der Waals surface area contributed by atoms with E-state index in [1.54, 1.807) is 0 Å². The number of amides is 1. The topological polar surface area (TPSA) is 68.8 Å². The van der Waals surface area contributed by atoms with Crippen LogP contribution >= 0.6 is 0 Å². The fourth-order valence-corrected chi connectivity index (χ4v) is 2.44. The third-order valence-corrected chi connectivity index (χ3v) is 4.06. The Morgan fingerprint density at radius 1 is 1.26 bits per heavy atom. The highest BCUT2D eigenvalue weighted by Crippen LogP contribution is 2.18. The summed E-state index contributed by atoms with van der Waals surface area (Å²) in [6, 6.07) is 0.738. The van der Waals surface area contributed by atoms with Gasteiger partial charge in [-0.2, -0.15) is 0 Å². The van der Waals surface area contributed by atoms with Gasteiger partial charge >= 0.3 is 0 Å². The molecule has 23 heavy (non-hydrogen) atoms. The Bertz CT molecular complexity index is 364. The van der Waals surface area contributed by atoms with E-state index in [9.17, 15) is 4.79 Å². The van der Waals surface area contributed by atoms with Gasteiger partial charge in [-0.25, -0.2) is 4.99 Å². The van der Waals surface area contributed by atoms with Crippen LogP contribution in [0, 0.1) is 0 Å². The molecule has 0 aromatic carbocycles. The van der Waals surface area contributed by atoms with E-state index in [1.165, 1.54) is 0 Å². The maximum Gasteiger partial charge on any atom is 0.242 e. The average Bonchev–Trinajstić information content (AvgIpc) is 3.33. The van der Waals surface area contributed by atoms with Crippen molar-refractivity contribution in [2.24, 2.45) is 4.99 Å². The van der Waals surface area contributed by atoms with E-state index in [0.29, 0.717) is 12.1 Å². The number of rotatable bonds is 11. The molecule has 6 nitrogen and oxygen atoms in total. The first kappa shape index (κ1) is 19.7. The molecule has 1 unspecified atom stereocenters. The van der Waals surface area contributed by atoms with Crippen molar-refractivity contribution in [1.29, 1.82) is 0 Å². The lowest BCUT2D eigenvalue weighted by atomic mass is 10.2. The lowest BCUT2D eigenvalue weighted by Gasteiger charge is -2.21. The Balaban J connectivity index is 2.30. The Kier molecular flexibility index (Phi) is 9.67. The van der Waals surface area contributed by atoms with Crippen molar-refractivity contribution in [3.8, 4) is 0 Å². The van der Waals surface area contributed by atoms with Gasteiger partial charge in [0, 0.05) is 18.6 Å². The van der Waals surface area contributed by atoms with Gasteiger partial charge in [0.15, 0.2) is 5.96 Å². The maximum absolute atomic E-state index is 11.7. The van der Waals surface area contributed by atoms with Gasteiger partial charge in [0.2, 0.25) is 5.91 Å². The minimum Gasteiger partial charge on any atom is -0.357 e. The lowest BCUT2D eigenvalue weighted by Crippen LogP contribution is -2.43. The molecule has 0 aliphatic heterocycles. The van der Waals surface area contributed by atoms with Crippen molar-refractivity contribution in [2.45, 2.75) is 65.5 Å². The first-order chi connectivity index (χ1) is 11.1. The average molecular weight is 326 g/mol. The lowest BCUT2D eigenvalue weighted by molar-refractivity contribution is -0.119. The molecule has 1 aliphatic carbocycles. The third kappa shape index (κ3) is 9.43. The normalized spacial score (nSPS) is 16.3. The minimum atomic E-state index is 0.0129. The molecule has 1 rings (SSSR count). The standard InChI is InChI=1S/C17H35N5O/c1-5-18-17(19-13-16(23)21-15-10-11-15)20-14(4)9-8-12-22(6-2)7-3/h14-15H,5-13H2,1-4H3,(H,21,23)(H2,18,19,20). The van der Waals surface area contributed by atoms with Crippen LogP contribution in [0.5, 0.6) is 0 Å². The van der Waals surface area contributed by atoms with Gasteiger partial charge in [-0.05, 0) is 59.2 Å². The number of nitrogens with one attached hydrogen (secondary N) is 3. The number of carbonyl (C=O) groups is 1. The molecule has 0 spiro atoms. The molecule has 1 fully saturated rings. The molecule has 1 aliphatic rings. The number of hydrogen-bond donors (Lipinski definition) is 3. The van der Waals surface area contributed by atoms with Crippen molar-refractivity contribution in [2.75, 3.05) is 32.7 Å². The number of aliphatic imine (C=N–C) groups is 1. The monoisotopic (exact) mass is 325 g/mol. The zero-order valence-electron chi connectivity index (χ0n) is 15.3.